The first-order valence-electron chi connectivity index (χ1n) is 6.05. The number of hydrogen-bond acceptors (Lipinski definition) is 4. The number of nitrogens with zero attached hydrogens (tertiary/aromatic N) is 5. The Hall–Kier alpha value is -2.16. The molecule has 0 radical (unpaired) electrons. The van der Waals surface area contributed by atoms with Crippen LogP contribution >= 0.6 is 15.9 Å². The average Bonchev–Trinajstić information content (AvgIpc) is 2.99. The summed E-state index contributed by atoms with van der Waals surface area (Å²) in [4.78, 5) is 24.3. The van der Waals surface area contributed by atoms with Crippen molar-refractivity contribution in [3.63, 3.8) is 0 Å². The number of carboxylic acid groups (broad SMARTS) is 1. The fourth-order valence-corrected chi connectivity index (χ4v) is 2.28. The zero-order valence-electron chi connectivity index (χ0n) is 11.5. The molecule has 1 amide bonds. The molecule has 0 bridgehead atoms. The second kappa shape index (κ2) is 6.08. The summed E-state index contributed by atoms with van der Waals surface area (Å²) in [5.74, 6) is -1.29. The molecule has 2 rings (SSSR count). The number of rotatable bonds is 5. The first kappa shape index (κ1) is 15.2. The van der Waals surface area contributed by atoms with Crippen LogP contribution in [0.25, 0.3) is 0 Å². The Morgan fingerprint density at radius 2 is 2.19 bits per heavy atom. The molecule has 0 atom stereocenters. The van der Waals surface area contributed by atoms with Crippen LogP contribution in [0.5, 0.6) is 0 Å². The maximum absolute atomic E-state index is 12.3. The molecule has 0 aliphatic heterocycles. The van der Waals surface area contributed by atoms with Crippen molar-refractivity contribution in [3.05, 3.63) is 34.3 Å². The van der Waals surface area contributed by atoms with Crippen LogP contribution in [0.2, 0.25) is 0 Å². The number of aryl methyl sites for hydroxylation is 1. The van der Waals surface area contributed by atoms with Crippen molar-refractivity contribution in [2.75, 3.05) is 7.05 Å². The zero-order valence-corrected chi connectivity index (χ0v) is 13.1. The van der Waals surface area contributed by atoms with Gasteiger partial charge in [0.15, 0.2) is 0 Å². The fraction of sp³-hybridized carbons (Fsp3) is 0.333. The van der Waals surface area contributed by atoms with Crippen LogP contribution in [0.3, 0.4) is 0 Å². The number of halogens is 1. The summed E-state index contributed by atoms with van der Waals surface area (Å²) in [6.45, 7) is 0.0893. The molecule has 8 nitrogen and oxygen atoms in total. The lowest BCUT2D eigenvalue weighted by molar-refractivity contribution is -0.137. The summed E-state index contributed by atoms with van der Waals surface area (Å²) in [7, 11) is 3.44. The number of aromatic nitrogens is 4. The van der Waals surface area contributed by atoms with E-state index in [2.05, 4.69) is 26.1 Å². The molecule has 0 spiro atoms. The number of amides is 1. The maximum atomic E-state index is 12.3. The van der Waals surface area contributed by atoms with Gasteiger partial charge in [-0.2, -0.15) is 10.2 Å². The van der Waals surface area contributed by atoms with Crippen LogP contribution in [0.1, 0.15) is 16.2 Å². The van der Waals surface area contributed by atoms with E-state index in [0.717, 1.165) is 10.2 Å². The third kappa shape index (κ3) is 3.48. The largest absolute Gasteiger partial charge is 0.480 e. The van der Waals surface area contributed by atoms with Gasteiger partial charge in [0, 0.05) is 20.3 Å². The number of carbonyl (C=O) groups excluding carboxylic acids is 1. The van der Waals surface area contributed by atoms with E-state index in [-0.39, 0.29) is 18.1 Å². The van der Waals surface area contributed by atoms with Crippen LogP contribution in [0.15, 0.2) is 22.9 Å². The SMILES string of the molecule is CN(Cc1c(Br)cnn1C)C(=O)c1ccn(CC(=O)O)n1. The number of carbonyl (C=O) groups is 2. The lowest BCUT2D eigenvalue weighted by Crippen LogP contribution is -2.28. The highest BCUT2D eigenvalue weighted by atomic mass is 79.9. The molecule has 0 fully saturated rings. The Labute approximate surface area is 129 Å². The molecule has 2 aromatic rings. The van der Waals surface area contributed by atoms with Gasteiger partial charge in [-0.25, -0.2) is 0 Å². The van der Waals surface area contributed by atoms with Gasteiger partial charge in [-0.1, -0.05) is 0 Å². The van der Waals surface area contributed by atoms with E-state index in [4.69, 9.17) is 5.11 Å². The minimum Gasteiger partial charge on any atom is -0.480 e. The Balaban J connectivity index is 2.09. The number of carboxylic acids is 1. The van der Waals surface area contributed by atoms with E-state index >= 15 is 0 Å². The Morgan fingerprint density at radius 1 is 1.48 bits per heavy atom. The Morgan fingerprint density at radius 3 is 2.76 bits per heavy atom. The summed E-state index contributed by atoms with van der Waals surface area (Å²) in [5, 5.41) is 16.7. The van der Waals surface area contributed by atoms with Crippen molar-refractivity contribution < 1.29 is 14.7 Å². The number of aliphatic carboxylic acids is 1. The molecule has 112 valence electrons. The van der Waals surface area contributed by atoms with E-state index in [1.807, 2.05) is 0 Å². The van der Waals surface area contributed by atoms with Gasteiger partial charge in [0.2, 0.25) is 0 Å². The molecule has 2 heterocycles. The topological polar surface area (TPSA) is 93.2 Å². The van der Waals surface area contributed by atoms with E-state index in [1.54, 1.807) is 25.0 Å². The van der Waals surface area contributed by atoms with Gasteiger partial charge in [0.25, 0.3) is 5.91 Å². The van der Waals surface area contributed by atoms with Crippen molar-refractivity contribution in [1.82, 2.24) is 24.5 Å². The number of hydrogen-bond donors (Lipinski definition) is 1. The predicted molar refractivity (Wildman–Crippen MR) is 76.6 cm³/mol. The molecule has 0 saturated heterocycles. The van der Waals surface area contributed by atoms with Crippen molar-refractivity contribution in [1.29, 1.82) is 0 Å². The van der Waals surface area contributed by atoms with Crippen LogP contribution in [0, 0.1) is 0 Å². The quantitative estimate of drug-likeness (QED) is 0.853. The van der Waals surface area contributed by atoms with Crippen LogP contribution in [-0.4, -0.2) is 48.5 Å². The van der Waals surface area contributed by atoms with Crippen molar-refractivity contribution in [3.8, 4) is 0 Å². The molecule has 0 saturated carbocycles. The molecule has 21 heavy (non-hydrogen) atoms. The summed E-state index contributed by atoms with van der Waals surface area (Å²) < 4.78 is 3.71. The molecule has 0 aliphatic rings. The predicted octanol–water partition coefficient (Wildman–Crippen LogP) is 0.736. The molecule has 0 aromatic carbocycles. The van der Waals surface area contributed by atoms with Gasteiger partial charge in [0.05, 0.1) is 22.9 Å². The van der Waals surface area contributed by atoms with Crippen LogP contribution < -0.4 is 0 Å². The first-order valence-corrected chi connectivity index (χ1v) is 6.85. The van der Waals surface area contributed by atoms with Gasteiger partial charge in [-0.15, -0.1) is 0 Å². The molecule has 2 aromatic heterocycles. The zero-order chi connectivity index (χ0) is 15.6. The summed E-state index contributed by atoms with van der Waals surface area (Å²) in [6.07, 6.45) is 3.13. The third-order valence-corrected chi connectivity index (χ3v) is 3.56. The van der Waals surface area contributed by atoms with Gasteiger partial charge >= 0.3 is 5.97 Å². The van der Waals surface area contributed by atoms with Crippen LogP contribution in [-0.2, 0) is 24.9 Å². The van der Waals surface area contributed by atoms with Gasteiger partial charge in [-0.3, -0.25) is 19.0 Å². The fourth-order valence-electron chi connectivity index (χ4n) is 1.81. The summed E-state index contributed by atoms with van der Waals surface area (Å²) >= 11 is 3.38. The monoisotopic (exact) mass is 355 g/mol. The molecule has 1 N–H and O–H groups in total. The maximum Gasteiger partial charge on any atom is 0.325 e. The smallest absolute Gasteiger partial charge is 0.325 e. The van der Waals surface area contributed by atoms with E-state index in [0.29, 0.717) is 6.54 Å². The molecule has 0 aliphatic carbocycles. The molecule has 0 unspecified atom stereocenters. The second-order valence-electron chi connectivity index (χ2n) is 4.52. The van der Waals surface area contributed by atoms with Gasteiger partial charge in [-0.05, 0) is 22.0 Å². The van der Waals surface area contributed by atoms with E-state index < -0.39 is 5.97 Å². The first-order chi connectivity index (χ1) is 9.88. The van der Waals surface area contributed by atoms with E-state index in [9.17, 15) is 9.59 Å². The minimum absolute atomic E-state index is 0.206. The highest BCUT2D eigenvalue weighted by molar-refractivity contribution is 9.10. The average molecular weight is 356 g/mol. The van der Waals surface area contributed by atoms with Crippen LogP contribution in [0.4, 0.5) is 0 Å². The molecular formula is C12H14BrN5O3. The highest BCUT2D eigenvalue weighted by Gasteiger charge is 2.18. The highest BCUT2D eigenvalue weighted by Crippen LogP contribution is 2.17. The lowest BCUT2D eigenvalue weighted by Gasteiger charge is -2.16. The van der Waals surface area contributed by atoms with Crippen molar-refractivity contribution in [2.24, 2.45) is 7.05 Å². The lowest BCUT2D eigenvalue weighted by atomic mass is 10.3. The molecule has 9 heteroatoms. The summed E-state index contributed by atoms with van der Waals surface area (Å²) in [5.41, 5.74) is 1.06. The minimum atomic E-state index is -1.01. The van der Waals surface area contributed by atoms with Crippen molar-refractivity contribution >= 4 is 27.8 Å². The Bertz CT molecular complexity index is 659. The Kier molecular flexibility index (Phi) is 4.41. The standard InChI is InChI=1S/C12H14BrN5O3/c1-16(6-10-8(13)5-14-17(10)2)12(21)9-3-4-18(15-9)7-11(19)20/h3-5H,6-7H2,1-2H3,(H,19,20). The van der Waals surface area contributed by atoms with E-state index in [1.165, 1.54) is 21.8 Å². The third-order valence-electron chi connectivity index (χ3n) is 2.90. The van der Waals surface area contributed by atoms with Gasteiger partial charge in [0.1, 0.15) is 12.2 Å². The van der Waals surface area contributed by atoms with Crippen molar-refractivity contribution in [2.45, 2.75) is 13.1 Å². The normalized spacial score (nSPS) is 10.6. The molecular weight excluding hydrogens is 342 g/mol. The second-order valence-corrected chi connectivity index (χ2v) is 5.37. The summed E-state index contributed by atoms with van der Waals surface area (Å²) in [6, 6.07) is 1.50. The van der Waals surface area contributed by atoms with Gasteiger partial charge < -0.3 is 10.0 Å².